The number of benzene rings is 1. The van der Waals surface area contributed by atoms with E-state index in [0.29, 0.717) is 23.0 Å². The van der Waals surface area contributed by atoms with E-state index >= 15 is 0 Å². The van der Waals surface area contributed by atoms with E-state index in [9.17, 15) is 9.59 Å². The molecule has 3 heterocycles. The van der Waals surface area contributed by atoms with Gasteiger partial charge < -0.3 is 21.3 Å². The van der Waals surface area contributed by atoms with Crippen molar-refractivity contribution in [2.45, 2.75) is 31.6 Å². The van der Waals surface area contributed by atoms with Gasteiger partial charge in [0.25, 0.3) is 0 Å². The highest BCUT2D eigenvalue weighted by atomic mass is 79.9. The SMILES string of the molecule is Nc1nc(N2CCCCC2)nc2c1[C@H](C(=O)Nc1ccc(Br)cc1)CC(=O)N2. The summed E-state index contributed by atoms with van der Waals surface area (Å²) in [5.41, 5.74) is 7.35. The van der Waals surface area contributed by atoms with Crippen molar-refractivity contribution in [1.82, 2.24) is 9.97 Å². The van der Waals surface area contributed by atoms with Gasteiger partial charge in [-0.1, -0.05) is 15.9 Å². The number of rotatable bonds is 3. The van der Waals surface area contributed by atoms with Crippen LogP contribution in [0, 0.1) is 0 Å². The summed E-state index contributed by atoms with van der Waals surface area (Å²) in [5.74, 6) is -0.222. The zero-order chi connectivity index (χ0) is 19.7. The maximum absolute atomic E-state index is 12.9. The Balaban J connectivity index is 1.63. The maximum Gasteiger partial charge on any atom is 0.232 e. The smallest absolute Gasteiger partial charge is 0.232 e. The molecule has 0 radical (unpaired) electrons. The van der Waals surface area contributed by atoms with Crippen molar-refractivity contribution in [3.8, 4) is 0 Å². The first-order valence-corrected chi connectivity index (χ1v) is 10.1. The third kappa shape index (κ3) is 3.80. The molecule has 146 valence electrons. The topological polar surface area (TPSA) is 113 Å². The lowest BCUT2D eigenvalue weighted by atomic mass is 9.92. The van der Waals surface area contributed by atoms with E-state index in [1.54, 1.807) is 12.1 Å². The number of hydrogen-bond acceptors (Lipinski definition) is 6. The first-order valence-electron chi connectivity index (χ1n) is 9.30. The van der Waals surface area contributed by atoms with Gasteiger partial charge in [-0.25, -0.2) is 0 Å². The molecule has 8 nitrogen and oxygen atoms in total. The van der Waals surface area contributed by atoms with Crippen LogP contribution in [0.2, 0.25) is 0 Å². The first kappa shape index (κ1) is 18.7. The zero-order valence-electron chi connectivity index (χ0n) is 15.2. The van der Waals surface area contributed by atoms with Crippen molar-refractivity contribution in [3.05, 3.63) is 34.3 Å². The standard InChI is InChI=1S/C19H21BrN6O2/c20-11-4-6-12(7-5-11)22-18(28)13-10-14(27)23-17-15(13)16(21)24-19(25-17)26-8-2-1-3-9-26/h4-7,13H,1-3,8-10H2,(H,22,28)(H3,21,23,24,25,27)/t13-/m1/s1. The van der Waals surface area contributed by atoms with Crippen molar-refractivity contribution in [2.75, 3.05) is 34.4 Å². The van der Waals surface area contributed by atoms with Crippen LogP contribution in [0.5, 0.6) is 0 Å². The normalized spacial score (nSPS) is 19.0. The number of halogens is 1. The fourth-order valence-corrected chi connectivity index (χ4v) is 3.87. The van der Waals surface area contributed by atoms with Crippen LogP contribution < -0.4 is 21.3 Å². The fraction of sp³-hybridized carbons (Fsp3) is 0.368. The molecular formula is C19H21BrN6O2. The molecule has 28 heavy (non-hydrogen) atoms. The highest BCUT2D eigenvalue weighted by molar-refractivity contribution is 9.10. The number of amides is 2. The van der Waals surface area contributed by atoms with Crippen LogP contribution in [0.15, 0.2) is 28.7 Å². The van der Waals surface area contributed by atoms with Gasteiger partial charge in [-0.2, -0.15) is 9.97 Å². The van der Waals surface area contributed by atoms with Crippen molar-refractivity contribution >= 4 is 51.0 Å². The van der Waals surface area contributed by atoms with Crippen LogP contribution >= 0.6 is 15.9 Å². The molecule has 1 aromatic carbocycles. The molecule has 0 bridgehead atoms. The number of nitrogen functional groups attached to an aromatic ring is 1. The molecule has 0 spiro atoms. The minimum atomic E-state index is -0.734. The van der Waals surface area contributed by atoms with Crippen molar-refractivity contribution in [1.29, 1.82) is 0 Å². The molecule has 1 fully saturated rings. The molecule has 2 amide bonds. The maximum atomic E-state index is 12.9. The van der Waals surface area contributed by atoms with Gasteiger partial charge in [-0.05, 0) is 43.5 Å². The Morgan fingerprint density at radius 1 is 1.18 bits per heavy atom. The van der Waals surface area contributed by atoms with E-state index in [1.165, 1.54) is 6.42 Å². The number of nitrogens with two attached hydrogens (primary N) is 1. The Hall–Kier alpha value is -2.68. The summed E-state index contributed by atoms with van der Waals surface area (Å²) in [6.45, 7) is 1.72. The predicted octanol–water partition coefficient (Wildman–Crippen LogP) is 2.88. The van der Waals surface area contributed by atoms with Crippen LogP contribution in [0.25, 0.3) is 0 Å². The second kappa shape index (κ2) is 7.75. The molecule has 0 aliphatic carbocycles. The lowest BCUT2D eigenvalue weighted by Crippen LogP contribution is -2.35. The largest absolute Gasteiger partial charge is 0.383 e. The Kier molecular flexibility index (Phi) is 5.17. The summed E-state index contributed by atoms with van der Waals surface area (Å²) < 4.78 is 0.913. The monoisotopic (exact) mass is 444 g/mol. The van der Waals surface area contributed by atoms with Crippen LogP contribution in [-0.4, -0.2) is 34.9 Å². The van der Waals surface area contributed by atoms with Gasteiger partial charge in [-0.15, -0.1) is 0 Å². The van der Waals surface area contributed by atoms with Gasteiger partial charge in [0, 0.05) is 29.7 Å². The number of fused-ring (bicyclic) bond motifs is 1. The third-order valence-corrected chi connectivity index (χ3v) is 5.55. The lowest BCUT2D eigenvalue weighted by molar-refractivity contribution is -0.123. The predicted molar refractivity (Wildman–Crippen MR) is 111 cm³/mol. The molecular weight excluding hydrogens is 424 g/mol. The minimum Gasteiger partial charge on any atom is -0.383 e. The highest BCUT2D eigenvalue weighted by Gasteiger charge is 2.35. The number of nitrogens with zero attached hydrogens (tertiary/aromatic N) is 3. The molecule has 4 rings (SSSR count). The average molecular weight is 445 g/mol. The van der Waals surface area contributed by atoms with Gasteiger partial charge in [0.1, 0.15) is 11.6 Å². The number of carbonyl (C=O) groups is 2. The van der Waals surface area contributed by atoms with Gasteiger partial charge in [0.2, 0.25) is 17.8 Å². The number of carbonyl (C=O) groups excluding carboxylic acids is 2. The highest BCUT2D eigenvalue weighted by Crippen LogP contribution is 2.37. The molecule has 4 N–H and O–H groups in total. The Bertz CT molecular complexity index is 911. The summed E-state index contributed by atoms with van der Waals surface area (Å²) in [7, 11) is 0. The summed E-state index contributed by atoms with van der Waals surface area (Å²) in [6, 6.07) is 7.23. The molecule has 2 aliphatic heterocycles. The van der Waals surface area contributed by atoms with Crippen molar-refractivity contribution in [2.24, 2.45) is 0 Å². The van der Waals surface area contributed by atoms with Gasteiger partial charge in [0.15, 0.2) is 0 Å². The quantitative estimate of drug-likeness (QED) is 0.670. The third-order valence-electron chi connectivity index (χ3n) is 5.03. The number of piperidine rings is 1. The molecule has 2 aliphatic rings. The summed E-state index contributed by atoms with van der Waals surface area (Å²) in [4.78, 5) is 36.1. The van der Waals surface area contributed by atoms with Gasteiger partial charge in [0.05, 0.1) is 11.5 Å². The van der Waals surface area contributed by atoms with Crippen molar-refractivity contribution in [3.63, 3.8) is 0 Å². The summed E-state index contributed by atoms with van der Waals surface area (Å²) in [6.07, 6.45) is 3.34. The second-order valence-electron chi connectivity index (χ2n) is 7.02. The number of anilines is 4. The van der Waals surface area contributed by atoms with Crippen molar-refractivity contribution < 1.29 is 9.59 Å². The van der Waals surface area contributed by atoms with Crippen LogP contribution in [0.1, 0.15) is 37.2 Å². The Labute approximate surface area is 171 Å². The van der Waals surface area contributed by atoms with Crippen LogP contribution in [-0.2, 0) is 9.59 Å². The fourth-order valence-electron chi connectivity index (χ4n) is 3.61. The molecule has 1 atom stereocenters. The number of hydrogen-bond donors (Lipinski definition) is 3. The summed E-state index contributed by atoms with van der Waals surface area (Å²) >= 11 is 3.36. The first-order chi connectivity index (χ1) is 13.5. The zero-order valence-corrected chi connectivity index (χ0v) is 16.8. The van der Waals surface area contributed by atoms with E-state index < -0.39 is 5.92 Å². The number of aromatic nitrogens is 2. The van der Waals surface area contributed by atoms with Crippen LogP contribution in [0.3, 0.4) is 0 Å². The lowest BCUT2D eigenvalue weighted by Gasteiger charge is -2.30. The molecule has 0 unspecified atom stereocenters. The molecule has 9 heteroatoms. The Morgan fingerprint density at radius 2 is 1.89 bits per heavy atom. The summed E-state index contributed by atoms with van der Waals surface area (Å²) in [5, 5.41) is 5.60. The van der Waals surface area contributed by atoms with Gasteiger partial charge in [-0.3, -0.25) is 9.59 Å². The van der Waals surface area contributed by atoms with E-state index in [-0.39, 0.29) is 24.1 Å². The minimum absolute atomic E-state index is 0.00593. The number of nitrogens with one attached hydrogen (secondary N) is 2. The molecule has 0 saturated carbocycles. The van der Waals surface area contributed by atoms with Gasteiger partial charge >= 0.3 is 0 Å². The molecule has 2 aromatic rings. The second-order valence-corrected chi connectivity index (χ2v) is 7.94. The van der Waals surface area contributed by atoms with E-state index in [2.05, 4.69) is 41.4 Å². The average Bonchev–Trinajstić information content (AvgIpc) is 2.69. The van der Waals surface area contributed by atoms with E-state index in [0.717, 1.165) is 30.4 Å². The van der Waals surface area contributed by atoms with E-state index in [1.807, 2.05) is 12.1 Å². The van der Waals surface area contributed by atoms with E-state index in [4.69, 9.17) is 5.73 Å². The molecule has 1 saturated heterocycles. The molecule has 1 aromatic heterocycles. The Morgan fingerprint density at radius 3 is 2.61 bits per heavy atom. The van der Waals surface area contributed by atoms with Crippen LogP contribution in [0.4, 0.5) is 23.3 Å².